The van der Waals surface area contributed by atoms with Crippen LogP contribution in [0.2, 0.25) is 0 Å². The number of rotatable bonds is 4. The van der Waals surface area contributed by atoms with Crippen LogP contribution in [0.25, 0.3) is 0 Å². The van der Waals surface area contributed by atoms with Crippen LogP contribution in [0.15, 0.2) is 18.2 Å². The van der Waals surface area contributed by atoms with E-state index >= 15 is 0 Å². The highest BCUT2D eigenvalue weighted by Crippen LogP contribution is 2.32. The van der Waals surface area contributed by atoms with E-state index in [0.29, 0.717) is 24.1 Å². The number of aliphatic hydroxyl groups is 1. The molecular weight excluding hydrogens is 243 g/mol. The lowest BCUT2D eigenvalue weighted by Gasteiger charge is -2.17. The summed E-state index contributed by atoms with van der Waals surface area (Å²) in [5.41, 5.74) is 0.351. The summed E-state index contributed by atoms with van der Waals surface area (Å²) in [7, 11) is 3.76. The van der Waals surface area contributed by atoms with E-state index in [2.05, 4.69) is 0 Å². The van der Waals surface area contributed by atoms with E-state index in [4.69, 9.17) is 0 Å². The van der Waals surface area contributed by atoms with Crippen LogP contribution in [0.3, 0.4) is 0 Å². The van der Waals surface area contributed by atoms with Gasteiger partial charge in [-0.15, -0.1) is 0 Å². The summed E-state index contributed by atoms with van der Waals surface area (Å²) in [5, 5.41) is 9.94. The first-order valence-corrected chi connectivity index (χ1v) is 5.72. The maximum atomic E-state index is 12.5. The Labute approximate surface area is 105 Å². The maximum absolute atomic E-state index is 12.5. The molecule has 0 aliphatic carbocycles. The first-order valence-electron chi connectivity index (χ1n) is 5.72. The van der Waals surface area contributed by atoms with E-state index in [0.717, 1.165) is 12.1 Å². The SMILES string of the molecule is Cc1cc(C(F)(F)F)ccc1C(O)CCN(C)C. The van der Waals surface area contributed by atoms with E-state index in [1.54, 1.807) is 6.92 Å². The van der Waals surface area contributed by atoms with E-state index in [-0.39, 0.29) is 0 Å². The summed E-state index contributed by atoms with van der Waals surface area (Å²) >= 11 is 0. The quantitative estimate of drug-likeness (QED) is 0.900. The molecule has 0 aromatic heterocycles. The van der Waals surface area contributed by atoms with Crippen LogP contribution in [-0.4, -0.2) is 30.6 Å². The van der Waals surface area contributed by atoms with Crippen molar-refractivity contribution in [3.63, 3.8) is 0 Å². The first kappa shape index (κ1) is 15.0. The number of hydrogen-bond donors (Lipinski definition) is 1. The zero-order valence-corrected chi connectivity index (χ0v) is 10.8. The van der Waals surface area contributed by atoms with Crippen LogP contribution < -0.4 is 0 Å². The molecular formula is C13H18F3NO. The van der Waals surface area contributed by atoms with Gasteiger partial charge in [0.1, 0.15) is 0 Å². The van der Waals surface area contributed by atoms with Gasteiger partial charge in [0.15, 0.2) is 0 Å². The highest BCUT2D eigenvalue weighted by atomic mass is 19.4. The Morgan fingerprint density at radius 2 is 1.89 bits per heavy atom. The van der Waals surface area contributed by atoms with Crippen LogP contribution in [0.4, 0.5) is 13.2 Å². The third kappa shape index (κ3) is 3.99. The van der Waals surface area contributed by atoms with E-state index in [9.17, 15) is 18.3 Å². The zero-order valence-electron chi connectivity index (χ0n) is 10.8. The van der Waals surface area contributed by atoms with Crippen LogP contribution in [0, 0.1) is 6.92 Å². The number of nitrogens with zero attached hydrogens (tertiary/aromatic N) is 1. The van der Waals surface area contributed by atoms with Gasteiger partial charge in [-0.2, -0.15) is 13.2 Å². The Bertz CT molecular complexity index is 402. The lowest BCUT2D eigenvalue weighted by Crippen LogP contribution is -2.16. The van der Waals surface area contributed by atoms with E-state index in [1.807, 2.05) is 19.0 Å². The molecule has 18 heavy (non-hydrogen) atoms. The highest BCUT2D eigenvalue weighted by molar-refractivity contribution is 5.33. The summed E-state index contributed by atoms with van der Waals surface area (Å²) in [5.74, 6) is 0. The molecule has 1 atom stereocenters. The fraction of sp³-hybridized carbons (Fsp3) is 0.538. The van der Waals surface area contributed by atoms with Gasteiger partial charge in [0, 0.05) is 6.54 Å². The largest absolute Gasteiger partial charge is 0.416 e. The van der Waals surface area contributed by atoms with Gasteiger partial charge in [0.05, 0.1) is 11.7 Å². The van der Waals surface area contributed by atoms with Crippen molar-refractivity contribution in [1.82, 2.24) is 4.90 Å². The van der Waals surface area contributed by atoms with Gasteiger partial charge in [-0.1, -0.05) is 6.07 Å². The molecule has 5 heteroatoms. The van der Waals surface area contributed by atoms with Crippen LogP contribution in [-0.2, 0) is 6.18 Å². The summed E-state index contributed by atoms with van der Waals surface area (Å²) in [6.07, 6.45) is -4.56. The number of hydrogen-bond acceptors (Lipinski definition) is 2. The molecule has 2 nitrogen and oxygen atoms in total. The molecule has 0 saturated heterocycles. The molecule has 1 N–H and O–H groups in total. The van der Waals surface area contributed by atoms with Gasteiger partial charge in [0.2, 0.25) is 0 Å². The van der Waals surface area contributed by atoms with Crippen molar-refractivity contribution in [3.8, 4) is 0 Å². The predicted molar refractivity (Wildman–Crippen MR) is 64.3 cm³/mol. The van der Waals surface area contributed by atoms with Crippen LogP contribution in [0.5, 0.6) is 0 Å². The number of aliphatic hydroxyl groups excluding tert-OH is 1. The lowest BCUT2D eigenvalue weighted by atomic mass is 9.98. The summed E-state index contributed by atoms with van der Waals surface area (Å²) < 4.78 is 37.5. The van der Waals surface area contributed by atoms with Crippen molar-refractivity contribution in [2.45, 2.75) is 25.6 Å². The van der Waals surface area contributed by atoms with Gasteiger partial charge < -0.3 is 10.0 Å². The van der Waals surface area contributed by atoms with Crippen molar-refractivity contribution in [2.24, 2.45) is 0 Å². The van der Waals surface area contributed by atoms with Gasteiger partial charge in [-0.05, 0) is 50.7 Å². The predicted octanol–water partition coefficient (Wildman–Crippen LogP) is 3.00. The molecule has 0 spiro atoms. The maximum Gasteiger partial charge on any atom is 0.416 e. The molecule has 0 aliphatic rings. The van der Waals surface area contributed by atoms with Gasteiger partial charge in [0.25, 0.3) is 0 Å². The van der Waals surface area contributed by atoms with Crippen LogP contribution >= 0.6 is 0 Å². The lowest BCUT2D eigenvalue weighted by molar-refractivity contribution is -0.137. The first-order chi connectivity index (χ1) is 8.21. The average molecular weight is 261 g/mol. The summed E-state index contributed by atoms with van der Waals surface area (Å²) in [6.45, 7) is 2.27. The second kappa shape index (κ2) is 5.71. The van der Waals surface area contributed by atoms with Crippen molar-refractivity contribution in [1.29, 1.82) is 0 Å². The van der Waals surface area contributed by atoms with Gasteiger partial charge >= 0.3 is 6.18 Å². The molecule has 0 fully saturated rings. The third-order valence-electron chi connectivity index (χ3n) is 2.81. The number of aryl methyl sites for hydroxylation is 1. The Balaban J connectivity index is 2.85. The van der Waals surface area contributed by atoms with Crippen molar-refractivity contribution < 1.29 is 18.3 Å². The fourth-order valence-electron chi connectivity index (χ4n) is 1.76. The smallest absolute Gasteiger partial charge is 0.388 e. The Kier molecular flexibility index (Phi) is 4.76. The molecule has 102 valence electrons. The second-order valence-electron chi connectivity index (χ2n) is 4.68. The van der Waals surface area contributed by atoms with Gasteiger partial charge in [-0.3, -0.25) is 0 Å². The fourth-order valence-corrected chi connectivity index (χ4v) is 1.76. The van der Waals surface area contributed by atoms with Crippen molar-refractivity contribution in [3.05, 3.63) is 34.9 Å². The molecule has 0 amide bonds. The standard InChI is InChI=1S/C13H18F3NO/c1-9-8-10(13(14,15)16)4-5-11(9)12(18)6-7-17(2)3/h4-5,8,12,18H,6-7H2,1-3H3. The topological polar surface area (TPSA) is 23.5 Å². The second-order valence-corrected chi connectivity index (χ2v) is 4.68. The normalized spacial score (nSPS) is 14.0. The Morgan fingerprint density at radius 3 is 2.33 bits per heavy atom. The average Bonchev–Trinajstić information content (AvgIpc) is 2.24. The molecule has 0 bridgehead atoms. The minimum atomic E-state index is -4.34. The molecule has 0 aliphatic heterocycles. The Morgan fingerprint density at radius 1 is 1.28 bits per heavy atom. The minimum absolute atomic E-state index is 0.469. The van der Waals surface area contributed by atoms with Gasteiger partial charge in [-0.25, -0.2) is 0 Å². The molecule has 0 saturated carbocycles. The molecule has 1 rings (SSSR count). The number of alkyl halides is 3. The highest BCUT2D eigenvalue weighted by Gasteiger charge is 2.30. The number of benzene rings is 1. The van der Waals surface area contributed by atoms with E-state index < -0.39 is 17.8 Å². The molecule has 0 heterocycles. The summed E-state index contributed by atoms with van der Waals surface area (Å²) in [6, 6.07) is 3.45. The molecule has 1 aromatic carbocycles. The monoisotopic (exact) mass is 261 g/mol. The minimum Gasteiger partial charge on any atom is -0.388 e. The summed E-state index contributed by atoms with van der Waals surface area (Å²) in [4.78, 5) is 1.92. The van der Waals surface area contributed by atoms with Crippen molar-refractivity contribution in [2.75, 3.05) is 20.6 Å². The van der Waals surface area contributed by atoms with Crippen LogP contribution in [0.1, 0.15) is 29.2 Å². The molecule has 0 radical (unpaired) electrons. The zero-order chi connectivity index (χ0) is 13.9. The van der Waals surface area contributed by atoms with Crippen molar-refractivity contribution >= 4 is 0 Å². The Hall–Kier alpha value is -1.07. The third-order valence-corrected chi connectivity index (χ3v) is 2.81. The number of halogens is 3. The molecule has 1 aromatic rings. The molecule has 1 unspecified atom stereocenters. The van der Waals surface area contributed by atoms with E-state index in [1.165, 1.54) is 6.07 Å².